The Bertz CT molecular complexity index is 830. The highest BCUT2D eigenvalue weighted by Crippen LogP contribution is 2.34. The van der Waals surface area contributed by atoms with E-state index in [2.05, 4.69) is 12.2 Å². The van der Waals surface area contributed by atoms with Crippen molar-refractivity contribution >= 4 is 35.2 Å². The molecule has 6 nitrogen and oxygen atoms in total. The second-order valence-electron chi connectivity index (χ2n) is 7.44. The summed E-state index contributed by atoms with van der Waals surface area (Å²) >= 11 is 7.42. The molecule has 1 aliphatic heterocycles. The van der Waals surface area contributed by atoms with Crippen LogP contribution in [0.2, 0.25) is 5.02 Å². The average Bonchev–Trinajstić information content (AvgIpc) is 2.99. The average molecular weight is 439 g/mol. The fourth-order valence-corrected chi connectivity index (χ4v) is 3.67. The second-order valence-corrected chi connectivity index (χ2v) is 8.77. The van der Waals surface area contributed by atoms with Gasteiger partial charge < -0.3 is 14.4 Å². The molecule has 29 heavy (non-hydrogen) atoms. The van der Waals surface area contributed by atoms with E-state index in [0.29, 0.717) is 28.7 Å². The van der Waals surface area contributed by atoms with Gasteiger partial charge in [0.1, 0.15) is 17.2 Å². The molecule has 0 saturated carbocycles. The molecule has 0 saturated heterocycles. The number of carbonyl (C=O) groups excluding carboxylic acids is 2. The Morgan fingerprint density at radius 2 is 2.03 bits per heavy atom. The third kappa shape index (κ3) is 6.72. The summed E-state index contributed by atoms with van der Waals surface area (Å²) in [5, 5.41) is 5.75. The smallest absolute Gasteiger partial charge is 0.413 e. The van der Waals surface area contributed by atoms with Gasteiger partial charge in [-0.15, -0.1) is 0 Å². The van der Waals surface area contributed by atoms with E-state index in [1.807, 2.05) is 25.7 Å². The Kier molecular flexibility index (Phi) is 8.05. The highest BCUT2D eigenvalue weighted by atomic mass is 35.5. The summed E-state index contributed by atoms with van der Waals surface area (Å²) in [6.45, 7) is 8.17. The third-order valence-electron chi connectivity index (χ3n) is 3.89. The number of ketones is 1. The standard InChI is InChI=1S/C21H27ClN2O4S/c1-6-7-10-24-18(23-20(26)28-21(2,3)4)13-29-19(24)12-16(25)15-11-14(22)8-9-17(15)27-5/h8-9,11-13H,6-7,10H2,1-5H3,(H,23,26)/b19-12-. The quantitative estimate of drug-likeness (QED) is 0.445. The van der Waals surface area contributed by atoms with E-state index >= 15 is 0 Å². The van der Waals surface area contributed by atoms with E-state index in [9.17, 15) is 9.59 Å². The molecular weight excluding hydrogens is 412 g/mol. The summed E-state index contributed by atoms with van der Waals surface area (Å²) in [6, 6.07) is 4.92. The van der Waals surface area contributed by atoms with Gasteiger partial charge in [-0.2, -0.15) is 0 Å². The van der Waals surface area contributed by atoms with Crippen LogP contribution >= 0.6 is 23.4 Å². The van der Waals surface area contributed by atoms with Crippen LogP contribution in [0, 0.1) is 0 Å². The van der Waals surface area contributed by atoms with E-state index < -0.39 is 11.7 Å². The fraction of sp³-hybridized carbons (Fsp3) is 0.429. The number of hydrogen-bond donors (Lipinski definition) is 1. The minimum Gasteiger partial charge on any atom is -0.496 e. The van der Waals surface area contributed by atoms with Crippen LogP contribution in [0.1, 0.15) is 50.9 Å². The van der Waals surface area contributed by atoms with Gasteiger partial charge >= 0.3 is 6.09 Å². The number of nitrogens with zero attached hydrogens (tertiary/aromatic N) is 1. The first-order valence-electron chi connectivity index (χ1n) is 9.38. The van der Waals surface area contributed by atoms with E-state index in [0.717, 1.165) is 17.9 Å². The van der Waals surface area contributed by atoms with Gasteiger partial charge in [-0.3, -0.25) is 10.1 Å². The minimum absolute atomic E-state index is 0.222. The third-order valence-corrected chi connectivity index (χ3v) is 5.05. The minimum atomic E-state index is -0.595. The number of unbranched alkanes of at least 4 members (excludes halogenated alkanes) is 1. The molecule has 8 heteroatoms. The molecule has 0 spiro atoms. The number of benzene rings is 1. The van der Waals surface area contributed by atoms with Crippen LogP contribution in [-0.4, -0.2) is 36.0 Å². The molecule has 1 aliphatic rings. The molecule has 1 heterocycles. The van der Waals surface area contributed by atoms with Crippen molar-refractivity contribution in [2.45, 2.75) is 46.1 Å². The van der Waals surface area contributed by atoms with Crippen molar-refractivity contribution in [2.24, 2.45) is 0 Å². The maximum absolute atomic E-state index is 12.9. The van der Waals surface area contributed by atoms with Crippen molar-refractivity contribution < 1.29 is 19.1 Å². The van der Waals surface area contributed by atoms with Gasteiger partial charge in [-0.1, -0.05) is 36.7 Å². The lowest BCUT2D eigenvalue weighted by atomic mass is 10.1. The van der Waals surface area contributed by atoms with Crippen molar-refractivity contribution in [3.63, 3.8) is 0 Å². The number of methoxy groups -OCH3 is 1. The largest absolute Gasteiger partial charge is 0.496 e. The number of nitrogens with one attached hydrogen (secondary N) is 1. The zero-order valence-corrected chi connectivity index (χ0v) is 18.9. The van der Waals surface area contributed by atoms with E-state index in [1.165, 1.54) is 24.9 Å². The molecule has 0 fully saturated rings. The molecule has 158 valence electrons. The van der Waals surface area contributed by atoms with Crippen molar-refractivity contribution in [1.29, 1.82) is 0 Å². The molecule has 0 unspecified atom stereocenters. The molecule has 0 aromatic heterocycles. The number of allylic oxidation sites excluding steroid dienone is 1. The lowest BCUT2D eigenvalue weighted by molar-refractivity contribution is 0.0533. The molecule has 1 amide bonds. The van der Waals surface area contributed by atoms with Crippen LogP contribution in [-0.2, 0) is 4.74 Å². The molecular formula is C21H27ClN2O4S. The van der Waals surface area contributed by atoms with Crippen LogP contribution in [0.25, 0.3) is 0 Å². The topological polar surface area (TPSA) is 67.9 Å². The molecule has 0 bridgehead atoms. The second kappa shape index (κ2) is 10.1. The monoisotopic (exact) mass is 438 g/mol. The summed E-state index contributed by atoms with van der Waals surface area (Å²) in [4.78, 5) is 27.0. The van der Waals surface area contributed by atoms with Crippen molar-refractivity contribution in [1.82, 2.24) is 10.2 Å². The number of rotatable bonds is 7. The lowest BCUT2D eigenvalue weighted by Crippen LogP contribution is -2.36. The van der Waals surface area contributed by atoms with Crippen LogP contribution in [0.5, 0.6) is 5.75 Å². The SMILES string of the molecule is CCCCN1C(NC(=O)OC(C)(C)C)=CS/C1=C\C(=O)c1cc(Cl)ccc1OC. The van der Waals surface area contributed by atoms with Crippen LogP contribution in [0.15, 0.2) is 40.5 Å². The van der Waals surface area contributed by atoms with Crippen molar-refractivity contribution in [2.75, 3.05) is 13.7 Å². The van der Waals surface area contributed by atoms with Gasteiger partial charge in [-0.25, -0.2) is 4.79 Å². The van der Waals surface area contributed by atoms with Crippen LogP contribution in [0.3, 0.4) is 0 Å². The number of alkyl carbamates (subject to hydrolysis) is 1. The summed E-state index contributed by atoms with van der Waals surface area (Å²) in [5.41, 5.74) is -0.209. The highest BCUT2D eigenvalue weighted by molar-refractivity contribution is 8.06. The Balaban J connectivity index is 2.22. The van der Waals surface area contributed by atoms with Crippen molar-refractivity contribution in [3.8, 4) is 5.75 Å². The fourth-order valence-electron chi connectivity index (χ4n) is 2.59. The number of hydrogen-bond acceptors (Lipinski definition) is 6. The van der Waals surface area contributed by atoms with Crippen LogP contribution in [0.4, 0.5) is 4.79 Å². The number of halogens is 1. The van der Waals surface area contributed by atoms with Crippen molar-refractivity contribution in [3.05, 3.63) is 51.1 Å². The van der Waals surface area contributed by atoms with Gasteiger partial charge in [0.25, 0.3) is 0 Å². The van der Waals surface area contributed by atoms with Gasteiger partial charge in [0.15, 0.2) is 5.78 Å². The van der Waals surface area contributed by atoms with Gasteiger partial charge in [-0.05, 0) is 45.4 Å². The Labute approximate surface area is 181 Å². The molecule has 2 rings (SSSR count). The predicted molar refractivity (Wildman–Crippen MR) is 117 cm³/mol. The van der Waals surface area contributed by atoms with Gasteiger partial charge in [0.05, 0.1) is 17.7 Å². The Hall–Kier alpha value is -2.12. The molecule has 0 radical (unpaired) electrons. The molecule has 1 N–H and O–H groups in total. The van der Waals surface area contributed by atoms with E-state index in [4.69, 9.17) is 21.1 Å². The van der Waals surface area contributed by atoms with Gasteiger partial charge in [0.2, 0.25) is 0 Å². The normalized spacial score (nSPS) is 15.3. The summed E-state index contributed by atoms with van der Waals surface area (Å²) in [6.07, 6.45) is 2.88. The van der Waals surface area contributed by atoms with Gasteiger partial charge in [0, 0.05) is 23.1 Å². The Morgan fingerprint density at radius 1 is 1.31 bits per heavy atom. The highest BCUT2D eigenvalue weighted by Gasteiger charge is 2.26. The zero-order chi connectivity index (χ0) is 21.6. The number of amides is 1. The predicted octanol–water partition coefficient (Wildman–Crippen LogP) is 5.55. The number of thioether (sulfide) groups is 1. The molecule has 0 aliphatic carbocycles. The van der Waals surface area contributed by atoms with Crippen LogP contribution < -0.4 is 10.1 Å². The maximum atomic E-state index is 12.9. The summed E-state index contributed by atoms with van der Waals surface area (Å²) < 4.78 is 10.6. The first-order chi connectivity index (χ1) is 13.6. The number of ether oxygens (including phenoxy) is 2. The molecule has 0 atom stereocenters. The summed E-state index contributed by atoms with van der Waals surface area (Å²) in [7, 11) is 1.51. The maximum Gasteiger partial charge on any atom is 0.413 e. The molecule has 1 aromatic rings. The summed E-state index contributed by atoms with van der Waals surface area (Å²) in [5.74, 6) is 0.828. The molecule has 1 aromatic carbocycles. The van der Waals surface area contributed by atoms with E-state index in [-0.39, 0.29) is 5.78 Å². The lowest BCUT2D eigenvalue weighted by Gasteiger charge is -2.25. The first-order valence-corrected chi connectivity index (χ1v) is 10.6. The Morgan fingerprint density at radius 3 is 2.66 bits per heavy atom. The van der Waals surface area contributed by atoms with E-state index in [1.54, 1.807) is 23.6 Å². The first kappa shape index (κ1) is 23.2. The zero-order valence-electron chi connectivity index (χ0n) is 17.4. The number of carbonyl (C=O) groups is 2.